The Hall–Kier alpha value is -0.250. The van der Waals surface area contributed by atoms with Crippen molar-refractivity contribution in [3.8, 4) is 0 Å². The van der Waals surface area contributed by atoms with E-state index in [1.54, 1.807) is 0 Å². The van der Waals surface area contributed by atoms with Crippen LogP contribution in [0.3, 0.4) is 0 Å². The fourth-order valence-corrected chi connectivity index (χ4v) is 1.82. The zero-order valence-electron chi connectivity index (χ0n) is 5.50. The maximum atomic E-state index is 2.43. The van der Waals surface area contributed by atoms with Crippen molar-refractivity contribution in [3.63, 3.8) is 0 Å². The number of allylic oxidation sites excluding steroid dienone is 4. The lowest BCUT2D eigenvalue weighted by Gasteiger charge is -2.04. The minimum Gasteiger partial charge on any atom is -0.352 e. The number of rotatable bonds is 0. The third kappa shape index (κ3) is 1.12. The van der Waals surface area contributed by atoms with Crippen LogP contribution < -0.4 is 0 Å². The van der Waals surface area contributed by atoms with E-state index in [4.69, 9.17) is 0 Å². The fraction of sp³-hybridized carbons (Fsp3) is 0.250. The van der Waals surface area contributed by atoms with Crippen molar-refractivity contribution < 1.29 is 0 Å². The Morgan fingerprint density at radius 3 is 3.20 bits per heavy atom. The van der Waals surface area contributed by atoms with Gasteiger partial charge in [-0.25, -0.2) is 0 Å². The van der Waals surface area contributed by atoms with E-state index in [9.17, 15) is 0 Å². The Morgan fingerprint density at radius 1 is 1.40 bits per heavy atom. The predicted molar refractivity (Wildman–Crippen MR) is 50.9 cm³/mol. The Kier molecular flexibility index (Phi) is 1.56. The van der Waals surface area contributed by atoms with Crippen molar-refractivity contribution in [1.29, 1.82) is 0 Å². The molecular formula is C8H8IN. The molecule has 1 atom stereocenters. The Labute approximate surface area is 74.2 Å². The number of hydrogen-bond acceptors (Lipinski definition) is 1. The van der Waals surface area contributed by atoms with Crippen molar-refractivity contribution >= 4 is 22.6 Å². The van der Waals surface area contributed by atoms with Gasteiger partial charge in [0.2, 0.25) is 0 Å². The molecule has 10 heavy (non-hydrogen) atoms. The van der Waals surface area contributed by atoms with Crippen LogP contribution in [0.15, 0.2) is 36.1 Å². The smallest absolute Gasteiger partial charge is 0.0997 e. The van der Waals surface area contributed by atoms with Crippen LogP contribution in [0.25, 0.3) is 0 Å². The highest BCUT2D eigenvalue weighted by Gasteiger charge is 2.28. The van der Waals surface area contributed by atoms with Gasteiger partial charge in [0, 0.05) is 5.70 Å². The van der Waals surface area contributed by atoms with E-state index in [0.29, 0.717) is 4.05 Å². The molecule has 2 aliphatic rings. The third-order valence-corrected chi connectivity index (χ3v) is 2.76. The molecule has 52 valence electrons. The molecule has 0 aromatic carbocycles. The van der Waals surface area contributed by atoms with Gasteiger partial charge < -0.3 is 4.90 Å². The van der Waals surface area contributed by atoms with E-state index >= 15 is 0 Å². The maximum absolute atomic E-state index is 2.43. The summed E-state index contributed by atoms with van der Waals surface area (Å²) in [6.07, 6.45) is 10.7. The molecule has 0 saturated carbocycles. The molecule has 2 heterocycles. The summed E-state index contributed by atoms with van der Waals surface area (Å²) in [6.45, 7) is 1.16. The van der Waals surface area contributed by atoms with Crippen LogP contribution in [0.1, 0.15) is 0 Å². The van der Waals surface area contributed by atoms with Gasteiger partial charge in [-0.15, -0.1) is 0 Å². The lowest BCUT2D eigenvalue weighted by Crippen LogP contribution is -2.05. The first-order chi connectivity index (χ1) is 4.88. The second-order valence-electron chi connectivity index (χ2n) is 2.43. The number of halogens is 1. The highest BCUT2D eigenvalue weighted by atomic mass is 127. The Balaban J connectivity index is 2.25. The van der Waals surface area contributed by atoms with E-state index in [-0.39, 0.29) is 0 Å². The SMILES string of the molecule is IC1\C=C/C=C\C=C2\CN21. The molecule has 1 unspecified atom stereocenters. The molecule has 2 heteroatoms. The quantitative estimate of drug-likeness (QED) is 0.273. The lowest BCUT2D eigenvalue weighted by molar-refractivity contribution is 0.634. The second kappa shape index (κ2) is 2.42. The Bertz CT molecular complexity index is 227. The molecule has 2 aliphatic heterocycles. The summed E-state index contributed by atoms with van der Waals surface area (Å²) in [4.78, 5) is 2.36. The molecule has 1 saturated heterocycles. The number of alkyl halides is 1. The first-order valence-corrected chi connectivity index (χ1v) is 4.57. The number of nitrogens with zero attached hydrogens (tertiary/aromatic N) is 1. The van der Waals surface area contributed by atoms with Gasteiger partial charge in [-0.3, -0.25) is 0 Å². The van der Waals surface area contributed by atoms with Crippen molar-refractivity contribution in [2.45, 2.75) is 4.05 Å². The second-order valence-corrected chi connectivity index (χ2v) is 3.70. The van der Waals surface area contributed by atoms with Crippen LogP contribution in [0.2, 0.25) is 0 Å². The van der Waals surface area contributed by atoms with Crippen molar-refractivity contribution in [3.05, 3.63) is 36.1 Å². The minimum absolute atomic E-state index is 0.564. The molecule has 0 N–H and O–H groups in total. The fourth-order valence-electron chi connectivity index (χ4n) is 1.02. The monoisotopic (exact) mass is 245 g/mol. The molecule has 1 fully saturated rings. The summed E-state index contributed by atoms with van der Waals surface area (Å²) in [5.74, 6) is 0. The molecule has 0 spiro atoms. The first-order valence-electron chi connectivity index (χ1n) is 3.33. The van der Waals surface area contributed by atoms with E-state index in [0.717, 1.165) is 6.54 Å². The van der Waals surface area contributed by atoms with Crippen LogP contribution in [0.4, 0.5) is 0 Å². The van der Waals surface area contributed by atoms with Crippen LogP contribution in [-0.4, -0.2) is 15.5 Å². The van der Waals surface area contributed by atoms with E-state index < -0.39 is 0 Å². The standard InChI is InChI=1S/C8H8IN/c9-8-5-3-1-2-4-7-6-10(7)8/h1-5,8H,6H2/b2-1-,5-3-,7-4-. The Morgan fingerprint density at radius 2 is 2.30 bits per heavy atom. The molecular weight excluding hydrogens is 237 g/mol. The molecule has 0 aromatic heterocycles. The predicted octanol–water partition coefficient (Wildman–Crippen LogP) is 2.07. The van der Waals surface area contributed by atoms with Gasteiger partial charge in [0.15, 0.2) is 0 Å². The summed E-state index contributed by atoms with van der Waals surface area (Å²) in [5, 5.41) is 0. The van der Waals surface area contributed by atoms with Crippen LogP contribution in [0.5, 0.6) is 0 Å². The van der Waals surface area contributed by atoms with Crippen molar-refractivity contribution in [1.82, 2.24) is 4.90 Å². The van der Waals surface area contributed by atoms with Crippen LogP contribution >= 0.6 is 22.6 Å². The minimum atomic E-state index is 0.564. The molecule has 2 rings (SSSR count). The van der Waals surface area contributed by atoms with Gasteiger partial charge in [-0.2, -0.15) is 0 Å². The zero-order valence-corrected chi connectivity index (χ0v) is 7.65. The molecule has 0 bridgehead atoms. The van der Waals surface area contributed by atoms with Gasteiger partial charge in [0.25, 0.3) is 0 Å². The molecule has 0 amide bonds. The van der Waals surface area contributed by atoms with E-state index in [1.807, 2.05) is 0 Å². The van der Waals surface area contributed by atoms with Gasteiger partial charge in [-0.1, -0.05) is 46.9 Å². The van der Waals surface area contributed by atoms with Crippen LogP contribution in [-0.2, 0) is 0 Å². The average Bonchev–Trinajstić information content (AvgIpc) is 2.62. The number of fused-ring (bicyclic) bond motifs is 1. The zero-order chi connectivity index (χ0) is 6.97. The van der Waals surface area contributed by atoms with E-state index in [2.05, 4.69) is 57.9 Å². The van der Waals surface area contributed by atoms with Crippen LogP contribution in [0, 0.1) is 0 Å². The molecule has 1 nitrogen and oxygen atoms in total. The highest BCUT2D eigenvalue weighted by Crippen LogP contribution is 2.30. The van der Waals surface area contributed by atoms with Gasteiger partial charge in [0.1, 0.15) is 0 Å². The van der Waals surface area contributed by atoms with Gasteiger partial charge in [0.05, 0.1) is 10.6 Å². The largest absolute Gasteiger partial charge is 0.352 e. The summed E-state index contributed by atoms with van der Waals surface area (Å²) >= 11 is 2.43. The van der Waals surface area contributed by atoms with Crippen molar-refractivity contribution in [2.24, 2.45) is 0 Å². The summed E-state index contributed by atoms with van der Waals surface area (Å²) in [5.41, 5.74) is 1.46. The summed E-state index contributed by atoms with van der Waals surface area (Å²) in [6, 6.07) is 0. The molecule has 0 aliphatic carbocycles. The molecule has 0 radical (unpaired) electrons. The normalized spacial score (nSPS) is 40.3. The lowest BCUT2D eigenvalue weighted by atomic mass is 10.4. The van der Waals surface area contributed by atoms with E-state index in [1.165, 1.54) is 5.70 Å². The van der Waals surface area contributed by atoms with Gasteiger partial charge in [-0.05, 0) is 6.08 Å². The van der Waals surface area contributed by atoms with Crippen molar-refractivity contribution in [2.75, 3.05) is 6.54 Å². The number of hydrogen-bond donors (Lipinski definition) is 0. The molecule has 0 aromatic rings. The third-order valence-electron chi connectivity index (χ3n) is 1.68. The topological polar surface area (TPSA) is 3.01 Å². The average molecular weight is 245 g/mol. The summed E-state index contributed by atoms with van der Waals surface area (Å²) < 4.78 is 0.564. The highest BCUT2D eigenvalue weighted by molar-refractivity contribution is 14.1. The van der Waals surface area contributed by atoms with Gasteiger partial charge >= 0.3 is 0 Å². The maximum Gasteiger partial charge on any atom is 0.0997 e. The first kappa shape index (κ1) is 6.46. The summed E-state index contributed by atoms with van der Waals surface area (Å²) in [7, 11) is 0.